The maximum Gasteiger partial charge on any atom is 0.337 e. The zero-order chi connectivity index (χ0) is 16.2. The molecule has 1 aromatic rings. The van der Waals surface area contributed by atoms with Crippen molar-refractivity contribution in [2.75, 3.05) is 19.5 Å². The minimum absolute atomic E-state index is 0.0853. The molecule has 21 heavy (non-hydrogen) atoms. The molecule has 4 N–H and O–H groups in total. The van der Waals surface area contributed by atoms with E-state index in [-0.39, 0.29) is 28.9 Å². The third-order valence-corrected chi connectivity index (χ3v) is 3.21. The first kappa shape index (κ1) is 16.8. The molecule has 1 rings (SSSR count). The SMILES string of the molecule is COc1cc(NC(=O)C(C)C(C)N)c(C(=O)O)cc1OC. The number of carbonyl (C=O) groups is 2. The van der Waals surface area contributed by atoms with Gasteiger partial charge in [-0.15, -0.1) is 0 Å². The number of hydrogen-bond donors (Lipinski definition) is 3. The third-order valence-electron chi connectivity index (χ3n) is 3.21. The van der Waals surface area contributed by atoms with Gasteiger partial charge in [-0.1, -0.05) is 6.92 Å². The highest BCUT2D eigenvalue weighted by Crippen LogP contribution is 2.33. The molecule has 0 spiro atoms. The van der Waals surface area contributed by atoms with Crippen molar-refractivity contribution < 1.29 is 24.2 Å². The van der Waals surface area contributed by atoms with Crippen LogP contribution < -0.4 is 20.5 Å². The van der Waals surface area contributed by atoms with Crippen LogP contribution in [0.3, 0.4) is 0 Å². The maximum atomic E-state index is 12.0. The predicted molar refractivity (Wildman–Crippen MR) is 77.9 cm³/mol. The molecule has 0 saturated heterocycles. The lowest BCUT2D eigenvalue weighted by Crippen LogP contribution is -2.34. The first-order valence-corrected chi connectivity index (χ1v) is 6.37. The number of hydrogen-bond acceptors (Lipinski definition) is 5. The van der Waals surface area contributed by atoms with E-state index in [1.54, 1.807) is 13.8 Å². The second-order valence-corrected chi connectivity index (χ2v) is 4.69. The Hall–Kier alpha value is -2.28. The molecule has 0 aromatic heterocycles. The summed E-state index contributed by atoms with van der Waals surface area (Å²) in [5, 5.41) is 11.8. The Kier molecular flexibility index (Phi) is 5.54. The number of carbonyl (C=O) groups excluding carboxylic acids is 1. The van der Waals surface area contributed by atoms with Gasteiger partial charge in [-0.2, -0.15) is 0 Å². The predicted octanol–water partition coefficient (Wildman–Crippen LogP) is 1.32. The Morgan fingerprint density at radius 3 is 2.14 bits per heavy atom. The van der Waals surface area contributed by atoms with Crippen molar-refractivity contribution in [3.05, 3.63) is 17.7 Å². The largest absolute Gasteiger partial charge is 0.493 e. The number of carboxylic acids is 1. The van der Waals surface area contributed by atoms with Crippen LogP contribution in [0, 0.1) is 5.92 Å². The van der Waals surface area contributed by atoms with Crippen LogP contribution in [0.15, 0.2) is 12.1 Å². The van der Waals surface area contributed by atoms with E-state index in [1.165, 1.54) is 26.4 Å². The number of amides is 1. The topological polar surface area (TPSA) is 111 Å². The molecule has 0 bridgehead atoms. The van der Waals surface area contributed by atoms with Gasteiger partial charge in [-0.05, 0) is 6.92 Å². The summed E-state index contributed by atoms with van der Waals surface area (Å²) in [6, 6.07) is 2.36. The Balaban J connectivity index is 3.21. The molecule has 1 amide bonds. The standard InChI is InChI=1S/C14H20N2O5/c1-7(8(2)15)13(17)16-10-6-12(21-4)11(20-3)5-9(10)14(18)19/h5-8H,15H2,1-4H3,(H,16,17)(H,18,19). The fraction of sp³-hybridized carbons (Fsp3) is 0.429. The van der Waals surface area contributed by atoms with Gasteiger partial charge in [0.15, 0.2) is 11.5 Å². The number of rotatable bonds is 6. The van der Waals surface area contributed by atoms with E-state index in [1.807, 2.05) is 0 Å². The first-order chi connectivity index (χ1) is 9.81. The van der Waals surface area contributed by atoms with Crippen LogP contribution in [0.1, 0.15) is 24.2 Å². The molecule has 2 unspecified atom stereocenters. The van der Waals surface area contributed by atoms with E-state index < -0.39 is 11.9 Å². The highest BCUT2D eigenvalue weighted by molar-refractivity contribution is 6.02. The van der Waals surface area contributed by atoms with Gasteiger partial charge in [0, 0.05) is 18.2 Å². The highest BCUT2D eigenvalue weighted by Gasteiger charge is 2.22. The third kappa shape index (κ3) is 3.85. The van der Waals surface area contributed by atoms with Crippen LogP contribution in [-0.2, 0) is 4.79 Å². The summed E-state index contributed by atoms with van der Waals surface area (Å²) in [6.45, 7) is 3.37. The summed E-state index contributed by atoms with van der Waals surface area (Å²) in [5.41, 5.74) is 5.72. The molecule has 0 radical (unpaired) electrons. The second-order valence-electron chi connectivity index (χ2n) is 4.69. The Bertz CT molecular complexity index is 542. The zero-order valence-corrected chi connectivity index (χ0v) is 12.5. The summed E-state index contributed by atoms with van der Waals surface area (Å²) < 4.78 is 10.2. The van der Waals surface area contributed by atoms with Crippen molar-refractivity contribution in [1.29, 1.82) is 0 Å². The lowest BCUT2D eigenvalue weighted by molar-refractivity contribution is -0.119. The summed E-state index contributed by atoms with van der Waals surface area (Å²) in [4.78, 5) is 23.3. The summed E-state index contributed by atoms with van der Waals surface area (Å²) in [5.74, 6) is -1.40. The second kappa shape index (κ2) is 6.94. The first-order valence-electron chi connectivity index (χ1n) is 6.37. The number of aromatic carboxylic acids is 1. The number of ether oxygens (including phenoxy) is 2. The minimum Gasteiger partial charge on any atom is -0.493 e. The number of nitrogens with one attached hydrogen (secondary N) is 1. The smallest absolute Gasteiger partial charge is 0.337 e. The maximum absolute atomic E-state index is 12.0. The molecule has 0 aliphatic rings. The lowest BCUT2D eigenvalue weighted by atomic mass is 10.0. The van der Waals surface area contributed by atoms with Crippen molar-refractivity contribution >= 4 is 17.6 Å². The zero-order valence-electron chi connectivity index (χ0n) is 12.5. The Morgan fingerprint density at radius 2 is 1.71 bits per heavy atom. The molecule has 0 aliphatic carbocycles. The van der Waals surface area contributed by atoms with E-state index in [2.05, 4.69) is 5.32 Å². The van der Waals surface area contributed by atoms with E-state index in [4.69, 9.17) is 15.2 Å². The van der Waals surface area contributed by atoms with Crippen LogP contribution in [0.2, 0.25) is 0 Å². The van der Waals surface area contributed by atoms with Crippen molar-refractivity contribution in [3.8, 4) is 11.5 Å². The normalized spacial score (nSPS) is 13.2. The average Bonchev–Trinajstić information content (AvgIpc) is 2.45. The molecule has 0 heterocycles. The van der Waals surface area contributed by atoms with Crippen molar-refractivity contribution in [1.82, 2.24) is 0 Å². The van der Waals surface area contributed by atoms with Crippen LogP contribution in [-0.4, -0.2) is 37.2 Å². The summed E-state index contributed by atoms with van der Waals surface area (Å²) >= 11 is 0. The molecule has 1 aromatic carbocycles. The summed E-state index contributed by atoms with van der Waals surface area (Å²) in [6.07, 6.45) is 0. The van der Waals surface area contributed by atoms with Gasteiger partial charge in [0.05, 0.1) is 31.4 Å². The van der Waals surface area contributed by atoms with Gasteiger partial charge in [0.1, 0.15) is 0 Å². The van der Waals surface area contributed by atoms with Gasteiger partial charge in [0.2, 0.25) is 5.91 Å². The molecule has 0 aliphatic heterocycles. The van der Waals surface area contributed by atoms with Crippen LogP contribution in [0.25, 0.3) is 0 Å². The van der Waals surface area contributed by atoms with E-state index in [0.717, 1.165) is 0 Å². The fourth-order valence-electron chi connectivity index (χ4n) is 1.64. The van der Waals surface area contributed by atoms with E-state index >= 15 is 0 Å². The van der Waals surface area contributed by atoms with Crippen LogP contribution in [0.5, 0.6) is 11.5 Å². The molecule has 0 saturated carbocycles. The number of methoxy groups -OCH3 is 2. The monoisotopic (exact) mass is 296 g/mol. The van der Waals surface area contributed by atoms with Crippen molar-refractivity contribution in [2.24, 2.45) is 11.7 Å². The Labute approximate surface area is 123 Å². The fourth-order valence-corrected chi connectivity index (χ4v) is 1.64. The van der Waals surface area contributed by atoms with Gasteiger partial charge >= 0.3 is 5.97 Å². The average molecular weight is 296 g/mol. The van der Waals surface area contributed by atoms with Crippen molar-refractivity contribution in [2.45, 2.75) is 19.9 Å². The molecule has 0 fully saturated rings. The highest BCUT2D eigenvalue weighted by atomic mass is 16.5. The van der Waals surface area contributed by atoms with Crippen molar-refractivity contribution in [3.63, 3.8) is 0 Å². The van der Waals surface area contributed by atoms with Gasteiger partial charge in [-0.25, -0.2) is 4.79 Å². The molecule has 7 nitrogen and oxygen atoms in total. The molecular formula is C14H20N2O5. The molecule has 7 heteroatoms. The number of carboxylic acid groups (broad SMARTS) is 1. The number of benzene rings is 1. The van der Waals surface area contributed by atoms with Gasteiger partial charge in [-0.3, -0.25) is 4.79 Å². The van der Waals surface area contributed by atoms with Gasteiger partial charge < -0.3 is 25.6 Å². The minimum atomic E-state index is -1.18. The number of anilines is 1. The van der Waals surface area contributed by atoms with E-state index in [9.17, 15) is 14.7 Å². The summed E-state index contributed by atoms with van der Waals surface area (Å²) in [7, 11) is 2.83. The molecular weight excluding hydrogens is 276 g/mol. The number of nitrogens with two attached hydrogens (primary N) is 1. The molecule has 116 valence electrons. The van der Waals surface area contributed by atoms with Crippen LogP contribution in [0.4, 0.5) is 5.69 Å². The lowest BCUT2D eigenvalue weighted by Gasteiger charge is -2.18. The van der Waals surface area contributed by atoms with Gasteiger partial charge in [0.25, 0.3) is 0 Å². The van der Waals surface area contributed by atoms with Crippen LogP contribution >= 0.6 is 0 Å². The van der Waals surface area contributed by atoms with E-state index in [0.29, 0.717) is 5.75 Å². The Morgan fingerprint density at radius 1 is 1.19 bits per heavy atom. The quantitative estimate of drug-likeness (QED) is 0.730. The molecule has 2 atom stereocenters.